The molecule has 0 spiro atoms. The van der Waals surface area contributed by atoms with Crippen LogP contribution in [0.2, 0.25) is 0 Å². The second-order valence-electron chi connectivity index (χ2n) is 4.16. The van der Waals surface area contributed by atoms with Crippen molar-refractivity contribution >= 4 is 0 Å². The number of nitrogens with one attached hydrogen (secondary N) is 1. The van der Waals surface area contributed by atoms with Gasteiger partial charge in [-0.05, 0) is 27.2 Å². The van der Waals surface area contributed by atoms with Crippen molar-refractivity contribution in [2.45, 2.75) is 44.9 Å². The normalized spacial score (nSPS) is 31.0. The largest absolute Gasteiger partial charge is 0.389 e. The molecule has 1 aliphatic rings. The van der Waals surface area contributed by atoms with Crippen LogP contribution in [0.15, 0.2) is 0 Å². The van der Waals surface area contributed by atoms with Crippen molar-refractivity contribution in [1.82, 2.24) is 5.32 Å². The predicted molar refractivity (Wildman–Crippen MR) is 48.1 cm³/mol. The van der Waals surface area contributed by atoms with Gasteiger partial charge in [-0.1, -0.05) is 0 Å². The lowest BCUT2D eigenvalue weighted by molar-refractivity contribution is 0.0679. The van der Waals surface area contributed by atoms with Gasteiger partial charge in [0.2, 0.25) is 0 Å². The van der Waals surface area contributed by atoms with Crippen LogP contribution in [0.1, 0.15) is 27.2 Å². The summed E-state index contributed by atoms with van der Waals surface area (Å²) in [7, 11) is 0. The van der Waals surface area contributed by atoms with Gasteiger partial charge in [0, 0.05) is 19.2 Å². The monoisotopic (exact) mass is 173 g/mol. The fraction of sp³-hybridized carbons (Fsp3) is 1.00. The fourth-order valence-electron chi connectivity index (χ4n) is 1.38. The van der Waals surface area contributed by atoms with E-state index in [2.05, 4.69) is 12.2 Å². The molecule has 0 aromatic carbocycles. The standard InChI is InChI=1S/C9H19NO2/c1-7-8(4-5-12-7)10-6-9(2,3)11/h7-8,10-11H,4-6H2,1-3H3/t7-,8+/m0/s1. The lowest BCUT2D eigenvalue weighted by Gasteiger charge is -2.22. The van der Waals surface area contributed by atoms with Crippen molar-refractivity contribution in [2.24, 2.45) is 0 Å². The molecule has 0 radical (unpaired) electrons. The van der Waals surface area contributed by atoms with Crippen LogP contribution in [-0.4, -0.2) is 36.0 Å². The van der Waals surface area contributed by atoms with Crippen molar-refractivity contribution in [3.63, 3.8) is 0 Å². The predicted octanol–water partition coefficient (Wildman–Crippen LogP) is 0.524. The average molecular weight is 173 g/mol. The van der Waals surface area contributed by atoms with E-state index in [9.17, 15) is 5.11 Å². The summed E-state index contributed by atoms with van der Waals surface area (Å²) in [6, 6.07) is 0.413. The highest BCUT2D eigenvalue weighted by Gasteiger charge is 2.25. The van der Waals surface area contributed by atoms with E-state index >= 15 is 0 Å². The smallest absolute Gasteiger partial charge is 0.0715 e. The Labute approximate surface area is 74.1 Å². The van der Waals surface area contributed by atoms with E-state index < -0.39 is 5.60 Å². The molecule has 0 bridgehead atoms. The Morgan fingerprint density at radius 2 is 2.25 bits per heavy atom. The van der Waals surface area contributed by atoms with Gasteiger partial charge in [0.05, 0.1) is 11.7 Å². The molecule has 12 heavy (non-hydrogen) atoms. The molecule has 0 aromatic rings. The molecule has 2 atom stereocenters. The maximum absolute atomic E-state index is 9.46. The van der Waals surface area contributed by atoms with Crippen LogP contribution >= 0.6 is 0 Å². The maximum atomic E-state index is 9.46. The molecule has 0 saturated carbocycles. The van der Waals surface area contributed by atoms with Crippen molar-refractivity contribution in [2.75, 3.05) is 13.2 Å². The van der Waals surface area contributed by atoms with E-state index in [1.165, 1.54) is 0 Å². The van der Waals surface area contributed by atoms with Gasteiger partial charge in [0.1, 0.15) is 0 Å². The number of aliphatic hydroxyl groups is 1. The number of ether oxygens (including phenoxy) is 1. The summed E-state index contributed by atoms with van der Waals surface area (Å²) in [6.45, 7) is 7.14. The molecule has 72 valence electrons. The molecular formula is C9H19NO2. The SMILES string of the molecule is C[C@@H]1OCC[C@H]1NCC(C)(C)O. The summed E-state index contributed by atoms with van der Waals surface area (Å²) in [5.41, 5.74) is -0.623. The highest BCUT2D eigenvalue weighted by Crippen LogP contribution is 2.13. The van der Waals surface area contributed by atoms with Crippen LogP contribution in [0.4, 0.5) is 0 Å². The minimum Gasteiger partial charge on any atom is -0.389 e. The topological polar surface area (TPSA) is 41.5 Å². The lowest BCUT2D eigenvalue weighted by atomic mass is 10.1. The molecular weight excluding hydrogens is 154 g/mol. The Hall–Kier alpha value is -0.120. The zero-order chi connectivity index (χ0) is 9.19. The molecule has 1 saturated heterocycles. The Morgan fingerprint density at radius 3 is 2.67 bits per heavy atom. The third kappa shape index (κ3) is 3.09. The highest BCUT2D eigenvalue weighted by atomic mass is 16.5. The van der Waals surface area contributed by atoms with Gasteiger partial charge in [-0.25, -0.2) is 0 Å². The van der Waals surface area contributed by atoms with E-state index in [4.69, 9.17) is 4.74 Å². The van der Waals surface area contributed by atoms with Crippen LogP contribution < -0.4 is 5.32 Å². The van der Waals surface area contributed by atoms with Crippen molar-refractivity contribution < 1.29 is 9.84 Å². The van der Waals surface area contributed by atoms with E-state index in [0.29, 0.717) is 12.6 Å². The second-order valence-corrected chi connectivity index (χ2v) is 4.16. The summed E-state index contributed by atoms with van der Waals surface area (Å²) in [5.74, 6) is 0. The van der Waals surface area contributed by atoms with Crippen LogP contribution in [0, 0.1) is 0 Å². The Bertz CT molecular complexity index is 142. The number of hydrogen-bond donors (Lipinski definition) is 2. The molecule has 3 heteroatoms. The molecule has 1 fully saturated rings. The average Bonchev–Trinajstić information content (AvgIpc) is 2.29. The minimum absolute atomic E-state index is 0.285. The maximum Gasteiger partial charge on any atom is 0.0715 e. The van der Waals surface area contributed by atoms with E-state index in [0.717, 1.165) is 13.0 Å². The first-order valence-corrected chi connectivity index (χ1v) is 4.56. The zero-order valence-corrected chi connectivity index (χ0v) is 8.13. The van der Waals surface area contributed by atoms with Crippen LogP contribution in [-0.2, 0) is 4.74 Å². The van der Waals surface area contributed by atoms with Crippen molar-refractivity contribution in [3.05, 3.63) is 0 Å². The summed E-state index contributed by atoms with van der Waals surface area (Å²) in [4.78, 5) is 0. The molecule has 1 aliphatic heterocycles. The van der Waals surface area contributed by atoms with Gasteiger partial charge in [-0.2, -0.15) is 0 Å². The van der Waals surface area contributed by atoms with Crippen molar-refractivity contribution in [1.29, 1.82) is 0 Å². The van der Waals surface area contributed by atoms with Gasteiger partial charge in [-0.3, -0.25) is 0 Å². The first-order chi connectivity index (χ1) is 5.49. The van der Waals surface area contributed by atoms with E-state index in [1.807, 2.05) is 0 Å². The molecule has 3 nitrogen and oxygen atoms in total. The third-order valence-electron chi connectivity index (χ3n) is 2.17. The summed E-state index contributed by atoms with van der Waals surface area (Å²) in [6.07, 6.45) is 1.34. The first kappa shape index (κ1) is 9.96. The Balaban J connectivity index is 2.23. The van der Waals surface area contributed by atoms with Gasteiger partial charge in [0.25, 0.3) is 0 Å². The minimum atomic E-state index is -0.623. The van der Waals surface area contributed by atoms with Crippen molar-refractivity contribution in [3.8, 4) is 0 Å². The number of rotatable bonds is 3. The highest BCUT2D eigenvalue weighted by molar-refractivity contribution is 4.81. The molecule has 0 amide bonds. The van der Waals surface area contributed by atoms with Crippen LogP contribution in [0.3, 0.4) is 0 Å². The van der Waals surface area contributed by atoms with E-state index in [-0.39, 0.29) is 6.10 Å². The summed E-state index contributed by atoms with van der Waals surface area (Å²) >= 11 is 0. The molecule has 0 aliphatic carbocycles. The quantitative estimate of drug-likeness (QED) is 0.654. The zero-order valence-electron chi connectivity index (χ0n) is 8.13. The van der Waals surface area contributed by atoms with Crippen LogP contribution in [0.5, 0.6) is 0 Å². The van der Waals surface area contributed by atoms with Gasteiger partial charge in [-0.15, -0.1) is 0 Å². The third-order valence-corrected chi connectivity index (χ3v) is 2.17. The number of hydrogen-bond acceptors (Lipinski definition) is 3. The second kappa shape index (κ2) is 3.73. The molecule has 1 rings (SSSR count). The lowest BCUT2D eigenvalue weighted by Crippen LogP contribution is -2.43. The molecule has 0 aromatic heterocycles. The molecule has 2 N–H and O–H groups in total. The van der Waals surface area contributed by atoms with Gasteiger partial charge >= 0.3 is 0 Å². The summed E-state index contributed by atoms with van der Waals surface area (Å²) in [5, 5.41) is 12.8. The molecule has 1 heterocycles. The van der Waals surface area contributed by atoms with Gasteiger partial charge in [0.15, 0.2) is 0 Å². The van der Waals surface area contributed by atoms with Crippen LogP contribution in [0.25, 0.3) is 0 Å². The summed E-state index contributed by atoms with van der Waals surface area (Å²) < 4.78 is 5.39. The Morgan fingerprint density at radius 1 is 1.58 bits per heavy atom. The van der Waals surface area contributed by atoms with E-state index in [1.54, 1.807) is 13.8 Å². The Kier molecular flexibility index (Phi) is 3.09. The first-order valence-electron chi connectivity index (χ1n) is 4.56. The van der Waals surface area contributed by atoms with Gasteiger partial charge < -0.3 is 15.2 Å². The molecule has 0 unspecified atom stereocenters. The fourth-order valence-corrected chi connectivity index (χ4v) is 1.38.